The van der Waals surface area contributed by atoms with Crippen molar-refractivity contribution >= 4 is 15.9 Å². The SMILES string of the molecule is [2H]c1nc([2H])c(Br)c([2H])c1O. The average molecular weight is 177 g/mol. The molecule has 1 rings (SSSR count). The minimum atomic E-state index is -0.507. The standard InChI is InChI=1S/C5H4BrNO/c6-4-1-5(8)3-7-2-4/h1-3,8H/i1D,2D,3D. The molecule has 0 bridgehead atoms. The van der Waals surface area contributed by atoms with E-state index in [1.165, 1.54) is 0 Å². The molecular weight excluding hydrogens is 170 g/mol. The highest BCUT2D eigenvalue weighted by molar-refractivity contribution is 9.10. The molecule has 8 heavy (non-hydrogen) atoms. The molecule has 1 aromatic heterocycles. The van der Waals surface area contributed by atoms with Crippen LogP contribution in [-0.4, -0.2) is 10.1 Å². The summed E-state index contributed by atoms with van der Waals surface area (Å²) in [5, 5.41) is 8.96. The summed E-state index contributed by atoms with van der Waals surface area (Å²) in [6.45, 7) is 0. The lowest BCUT2D eigenvalue weighted by molar-refractivity contribution is 0.472. The van der Waals surface area contributed by atoms with Crippen molar-refractivity contribution in [2.75, 3.05) is 0 Å². The third-order valence-electron chi connectivity index (χ3n) is 0.544. The highest BCUT2D eigenvalue weighted by atomic mass is 79.9. The summed E-state index contributed by atoms with van der Waals surface area (Å²) in [5.74, 6) is -0.507. The molecule has 0 aliphatic carbocycles. The van der Waals surface area contributed by atoms with Crippen LogP contribution in [-0.2, 0) is 0 Å². The molecule has 0 saturated carbocycles. The molecule has 1 N–H and O–H groups in total. The van der Waals surface area contributed by atoms with E-state index in [4.69, 9.17) is 9.22 Å². The fourth-order valence-electron chi connectivity index (χ4n) is 0.290. The smallest absolute Gasteiger partial charge is 0.134 e. The molecule has 0 saturated heterocycles. The number of aromatic hydroxyl groups is 1. The molecule has 0 aliphatic heterocycles. The Balaban J connectivity index is 3.46. The molecule has 0 fully saturated rings. The van der Waals surface area contributed by atoms with Gasteiger partial charge in [-0.05, 0) is 22.0 Å². The van der Waals surface area contributed by atoms with E-state index < -0.39 is 11.9 Å². The van der Waals surface area contributed by atoms with Crippen molar-refractivity contribution in [1.29, 1.82) is 0 Å². The number of hydrogen-bond donors (Lipinski definition) is 1. The largest absolute Gasteiger partial charge is 0.506 e. The van der Waals surface area contributed by atoms with E-state index in [9.17, 15) is 0 Å². The van der Waals surface area contributed by atoms with Crippen molar-refractivity contribution in [3.63, 3.8) is 0 Å². The van der Waals surface area contributed by atoms with E-state index in [1.54, 1.807) is 0 Å². The number of nitrogens with zero attached hydrogens (tertiary/aromatic N) is 1. The lowest BCUT2D eigenvalue weighted by atomic mass is 10.5. The summed E-state index contributed by atoms with van der Waals surface area (Å²) < 4.78 is 21.3. The van der Waals surface area contributed by atoms with Crippen molar-refractivity contribution in [2.24, 2.45) is 0 Å². The molecule has 0 aromatic carbocycles. The maximum absolute atomic E-state index is 8.96. The predicted octanol–water partition coefficient (Wildman–Crippen LogP) is 1.55. The van der Waals surface area contributed by atoms with Gasteiger partial charge in [-0.2, -0.15) is 0 Å². The van der Waals surface area contributed by atoms with Crippen molar-refractivity contribution in [3.8, 4) is 5.75 Å². The molecule has 0 atom stereocenters. The van der Waals surface area contributed by atoms with Crippen LogP contribution < -0.4 is 0 Å². The van der Waals surface area contributed by atoms with Crippen LogP contribution in [0, 0.1) is 0 Å². The number of halogens is 1. The fourth-order valence-corrected chi connectivity index (χ4v) is 0.566. The Labute approximate surface area is 59.5 Å². The molecule has 0 aliphatic rings. The Bertz CT molecular complexity index is 278. The Morgan fingerprint density at radius 3 is 3.25 bits per heavy atom. The molecule has 3 heteroatoms. The van der Waals surface area contributed by atoms with E-state index in [1.807, 2.05) is 0 Å². The maximum Gasteiger partial charge on any atom is 0.134 e. The fraction of sp³-hybridized carbons (Fsp3) is 0. The highest BCUT2D eigenvalue weighted by Gasteiger charge is 1.86. The van der Waals surface area contributed by atoms with Crippen LogP contribution in [0.5, 0.6) is 5.75 Å². The summed E-state index contributed by atoms with van der Waals surface area (Å²) >= 11 is 2.88. The van der Waals surface area contributed by atoms with E-state index >= 15 is 0 Å². The van der Waals surface area contributed by atoms with Crippen molar-refractivity contribution in [3.05, 3.63) is 22.9 Å². The lowest BCUT2D eigenvalue weighted by Crippen LogP contribution is -1.68. The Hall–Kier alpha value is -0.570. The van der Waals surface area contributed by atoms with Crippen LogP contribution in [0.15, 0.2) is 22.9 Å². The second-order valence-electron chi connectivity index (χ2n) is 1.12. The summed E-state index contributed by atoms with van der Waals surface area (Å²) in [5.41, 5.74) is 0. The third kappa shape index (κ3) is 1.20. The van der Waals surface area contributed by atoms with Crippen LogP contribution in [0.2, 0.25) is 0 Å². The topological polar surface area (TPSA) is 33.1 Å². The average Bonchev–Trinajstić information content (AvgIpc) is 1.97. The van der Waals surface area contributed by atoms with Crippen LogP contribution >= 0.6 is 15.9 Å². The molecule has 1 aromatic rings. The predicted molar refractivity (Wildman–Crippen MR) is 33.6 cm³/mol. The summed E-state index contributed by atoms with van der Waals surface area (Å²) in [6.07, 6.45) is -0.652. The van der Waals surface area contributed by atoms with Gasteiger partial charge in [0.15, 0.2) is 0 Å². The van der Waals surface area contributed by atoms with Crippen LogP contribution in [0.1, 0.15) is 4.11 Å². The summed E-state index contributed by atoms with van der Waals surface area (Å²) in [6, 6.07) is -0.269. The molecule has 42 valence electrons. The minimum absolute atomic E-state index is 0.103. The first-order valence-electron chi connectivity index (χ1n) is 3.36. The molecule has 0 spiro atoms. The second-order valence-corrected chi connectivity index (χ2v) is 1.92. The van der Waals surface area contributed by atoms with Gasteiger partial charge in [-0.1, -0.05) is 0 Å². The van der Waals surface area contributed by atoms with Gasteiger partial charge in [0.1, 0.15) is 5.75 Å². The Morgan fingerprint density at radius 2 is 2.50 bits per heavy atom. The number of hydrogen-bond acceptors (Lipinski definition) is 2. The van der Waals surface area contributed by atoms with E-state index in [2.05, 4.69) is 20.9 Å². The molecule has 0 radical (unpaired) electrons. The zero-order valence-electron chi connectivity index (χ0n) is 6.77. The van der Waals surface area contributed by atoms with E-state index in [0.29, 0.717) is 0 Å². The molecule has 0 unspecified atom stereocenters. The Morgan fingerprint density at radius 1 is 1.75 bits per heavy atom. The van der Waals surface area contributed by atoms with E-state index in [0.717, 1.165) is 0 Å². The highest BCUT2D eigenvalue weighted by Crippen LogP contribution is 2.12. The lowest BCUT2D eigenvalue weighted by Gasteiger charge is -1.87. The molecule has 0 amide bonds. The second kappa shape index (κ2) is 2.13. The van der Waals surface area contributed by atoms with Crippen LogP contribution in [0.25, 0.3) is 0 Å². The van der Waals surface area contributed by atoms with Gasteiger partial charge in [0, 0.05) is 10.6 Å². The van der Waals surface area contributed by atoms with Gasteiger partial charge >= 0.3 is 0 Å². The van der Waals surface area contributed by atoms with Crippen LogP contribution in [0.3, 0.4) is 0 Å². The monoisotopic (exact) mass is 176 g/mol. The number of pyridine rings is 1. The van der Waals surface area contributed by atoms with Crippen molar-refractivity contribution in [2.45, 2.75) is 0 Å². The summed E-state index contributed by atoms with van der Waals surface area (Å²) in [4.78, 5) is 3.35. The summed E-state index contributed by atoms with van der Waals surface area (Å²) in [7, 11) is 0. The van der Waals surface area contributed by atoms with Gasteiger partial charge in [-0.3, -0.25) is 4.98 Å². The first-order valence-corrected chi connectivity index (χ1v) is 2.65. The maximum atomic E-state index is 8.96. The number of rotatable bonds is 0. The zero-order chi connectivity index (χ0) is 8.59. The van der Waals surface area contributed by atoms with E-state index in [-0.39, 0.29) is 16.7 Å². The van der Waals surface area contributed by atoms with Gasteiger partial charge in [0.25, 0.3) is 0 Å². The van der Waals surface area contributed by atoms with Gasteiger partial charge in [0.2, 0.25) is 0 Å². The molecular formula is C5H4BrNO. The number of aromatic nitrogens is 1. The zero-order valence-corrected chi connectivity index (χ0v) is 5.36. The van der Waals surface area contributed by atoms with Gasteiger partial charge in [-0.15, -0.1) is 0 Å². The molecule has 1 heterocycles. The first-order chi connectivity index (χ1) is 5.04. The normalized spacial score (nSPS) is 14.4. The minimum Gasteiger partial charge on any atom is -0.506 e. The van der Waals surface area contributed by atoms with Gasteiger partial charge < -0.3 is 5.11 Å². The van der Waals surface area contributed by atoms with Crippen LogP contribution in [0.4, 0.5) is 0 Å². The van der Waals surface area contributed by atoms with Crippen molar-refractivity contribution < 1.29 is 9.22 Å². The third-order valence-corrected chi connectivity index (χ3v) is 0.920. The first kappa shape index (κ1) is 2.82. The van der Waals surface area contributed by atoms with Crippen molar-refractivity contribution in [1.82, 2.24) is 4.98 Å². The Kier molecular flexibility index (Phi) is 0.753. The molecule has 2 nitrogen and oxygen atoms in total. The van der Waals surface area contributed by atoms with Gasteiger partial charge in [0.05, 0.1) is 10.3 Å². The van der Waals surface area contributed by atoms with Gasteiger partial charge in [-0.25, -0.2) is 0 Å². The quantitative estimate of drug-likeness (QED) is 0.652.